The summed E-state index contributed by atoms with van der Waals surface area (Å²) in [5, 5.41) is 10.5. The molecule has 2 heterocycles. The van der Waals surface area contributed by atoms with Gasteiger partial charge in [-0.15, -0.1) is 0 Å². The Balaban J connectivity index is 1.68. The number of nitro groups is 1. The van der Waals surface area contributed by atoms with Crippen LogP contribution in [0.3, 0.4) is 0 Å². The van der Waals surface area contributed by atoms with E-state index in [4.69, 9.17) is 11.6 Å². The van der Waals surface area contributed by atoms with Gasteiger partial charge in [-0.2, -0.15) is 0 Å². The van der Waals surface area contributed by atoms with E-state index in [1.807, 2.05) is 0 Å². The van der Waals surface area contributed by atoms with Crippen molar-refractivity contribution in [2.24, 2.45) is 11.8 Å². The second kappa shape index (κ2) is 4.51. The van der Waals surface area contributed by atoms with E-state index >= 15 is 0 Å². The maximum absolute atomic E-state index is 13.1. The van der Waals surface area contributed by atoms with E-state index in [0.717, 1.165) is 0 Å². The van der Waals surface area contributed by atoms with Gasteiger partial charge in [0.15, 0.2) is 0 Å². The van der Waals surface area contributed by atoms with Crippen LogP contribution < -0.4 is 4.90 Å². The summed E-state index contributed by atoms with van der Waals surface area (Å²) in [5.41, 5.74) is 0.599. The molecule has 1 saturated heterocycles. The minimum absolute atomic E-state index is 0.205. The molecule has 8 heteroatoms. The molecule has 1 saturated carbocycles. The van der Waals surface area contributed by atoms with Crippen LogP contribution >= 0.6 is 11.6 Å². The molecule has 1 aliphatic carbocycles. The van der Waals surface area contributed by atoms with Gasteiger partial charge in [-0.3, -0.25) is 10.1 Å². The van der Waals surface area contributed by atoms with Crippen molar-refractivity contribution in [3.05, 3.63) is 33.0 Å². The number of halogens is 3. The van der Waals surface area contributed by atoms with Gasteiger partial charge in [-0.05, 0) is 11.6 Å². The van der Waals surface area contributed by atoms with Crippen LogP contribution in [0.25, 0.3) is 0 Å². The molecule has 108 valence electrons. The lowest BCUT2D eigenvalue weighted by molar-refractivity contribution is -0.479. The van der Waals surface area contributed by atoms with Gasteiger partial charge < -0.3 is 4.90 Å². The molecule has 2 atom stereocenters. The number of rotatable bonds is 4. The van der Waals surface area contributed by atoms with Crippen LogP contribution in [0.4, 0.5) is 14.6 Å². The molecule has 0 spiro atoms. The largest absolute Gasteiger partial charge is 0.356 e. The van der Waals surface area contributed by atoms with Gasteiger partial charge in [0.1, 0.15) is 11.0 Å². The summed E-state index contributed by atoms with van der Waals surface area (Å²) in [6.07, 6.45) is 0.211. The van der Waals surface area contributed by atoms with E-state index < -0.39 is 22.7 Å². The Kier molecular flexibility index (Phi) is 3.04. The van der Waals surface area contributed by atoms with Crippen molar-refractivity contribution >= 4 is 17.4 Å². The molecule has 1 aromatic heterocycles. The normalized spacial score (nSPS) is 26.4. The van der Waals surface area contributed by atoms with E-state index in [2.05, 4.69) is 4.98 Å². The molecule has 0 bridgehead atoms. The Morgan fingerprint density at radius 3 is 2.65 bits per heavy atom. The number of hydrogen-bond donors (Lipinski definition) is 0. The topological polar surface area (TPSA) is 59.3 Å². The van der Waals surface area contributed by atoms with Gasteiger partial charge in [0.25, 0.3) is 5.92 Å². The Labute approximate surface area is 118 Å². The molecule has 5 nitrogen and oxygen atoms in total. The fourth-order valence-corrected chi connectivity index (χ4v) is 2.97. The highest BCUT2D eigenvalue weighted by atomic mass is 35.5. The first-order valence-corrected chi connectivity index (χ1v) is 6.67. The van der Waals surface area contributed by atoms with Crippen LogP contribution in [0.1, 0.15) is 5.56 Å². The molecular weight excluding hydrogens is 292 g/mol. The summed E-state index contributed by atoms with van der Waals surface area (Å²) in [4.78, 5) is 15.9. The molecule has 0 aromatic carbocycles. The van der Waals surface area contributed by atoms with Gasteiger partial charge in [-0.1, -0.05) is 17.7 Å². The lowest BCUT2D eigenvalue weighted by atomic mass is 10.2. The zero-order valence-corrected chi connectivity index (χ0v) is 11.2. The highest BCUT2D eigenvalue weighted by Gasteiger charge is 2.71. The molecule has 0 N–H and O–H groups in total. The third-order valence-electron chi connectivity index (χ3n) is 4.00. The minimum atomic E-state index is -2.52. The Bertz CT molecular complexity index is 556. The Morgan fingerprint density at radius 1 is 1.45 bits per heavy atom. The summed E-state index contributed by atoms with van der Waals surface area (Å²) in [6, 6.07) is 3.36. The molecule has 3 rings (SSSR count). The van der Waals surface area contributed by atoms with Gasteiger partial charge >= 0.3 is 0 Å². The lowest BCUT2D eigenvalue weighted by Gasteiger charge is -2.21. The van der Waals surface area contributed by atoms with Crippen molar-refractivity contribution in [1.82, 2.24) is 4.98 Å². The van der Waals surface area contributed by atoms with Gasteiger partial charge in [-0.25, -0.2) is 13.8 Å². The number of alkyl halides is 2. The molecule has 2 aliphatic rings. The highest BCUT2D eigenvalue weighted by Crippen LogP contribution is 2.59. The number of aromatic nitrogens is 1. The Hall–Kier alpha value is -1.50. The maximum atomic E-state index is 13.1. The number of piperidine rings is 1. The fraction of sp³-hybridized carbons (Fsp3) is 0.583. The van der Waals surface area contributed by atoms with Crippen LogP contribution in [0.2, 0.25) is 5.15 Å². The standard InChI is InChI=1S/C12H12ClF2N3O2/c13-11-7(3-4-18(19)20)1-2-10(16-11)17-5-8-9(6-17)12(8,14)15/h1-2,8-9H,3-6H2. The SMILES string of the molecule is O=[N+]([O-])CCc1ccc(N2CC3C(C2)C3(F)F)nc1Cl. The maximum Gasteiger partial charge on any atom is 0.258 e. The van der Waals surface area contributed by atoms with Crippen molar-refractivity contribution in [3.8, 4) is 0 Å². The summed E-state index contributed by atoms with van der Waals surface area (Å²) in [6.45, 7) is 0.366. The number of nitrogens with zero attached hydrogens (tertiary/aromatic N) is 3. The number of fused-ring (bicyclic) bond motifs is 1. The smallest absolute Gasteiger partial charge is 0.258 e. The molecule has 2 fully saturated rings. The van der Waals surface area contributed by atoms with Gasteiger partial charge in [0, 0.05) is 24.4 Å². The van der Waals surface area contributed by atoms with Crippen LogP contribution in [-0.2, 0) is 6.42 Å². The van der Waals surface area contributed by atoms with Crippen molar-refractivity contribution < 1.29 is 13.7 Å². The quantitative estimate of drug-likeness (QED) is 0.486. The second-order valence-corrected chi connectivity index (χ2v) is 5.58. The molecule has 0 radical (unpaired) electrons. The number of hydrogen-bond acceptors (Lipinski definition) is 4. The third-order valence-corrected chi connectivity index (χ3v) is 4.33. The van der Waals surface area contributed by atoms with E-state index in [1.165, 1.54) is 0 Å². The zero-order chi connectivity index (χ0) is 14.5. The highest BCUT2D eigenvalue weighted by molar-refractivity contribution is 6.30. The summed E-state index contributed by atoms with van der Waals surface area (Å²) >= 11 is 5.99. The Morgan fingerprint density at radius 2 is 2.10 bits per heavy atom. The fourth-order valence-electron chi connectivity index (χ4n) is 2.72. The molecular formula is C12H12ClF2N3O2. The third kappa shape index (κ3) is 2.19. The summed E-state index contributed by atoms with van der Waals surface area (Å²) in [5.74, 6) is -3.11. The minimum Gasteiger partial charge on any atom is -0.356 e. The predicted octanol–water partition coefficient (Wildman–Crippen LogP) is 2.26. The first kappa shape index (κ1) is 13.5. The van der Waals surface area contributed by atoms with Crippen LogP contribution in [0, 0.1) is 22.0 Å². The van der Waals surface area contributed by atoms with E-state index in [9.17, 15) is 18.9 Å². The molecule has 1 aromatic rings. The van der Waals surface area contributed by atoms with Crippen LogP contribution in [0.5, 0.6) is 0 Å². The molecule has 1 aliphatic heterocycles. The van der Waals surface area contributed by atoms with E-state index in [-0.39, 0.29) is 31.2 Å². The second-order valence-electron chi connectivity index (χ2n) is 5.22. The molecule has 20 heavy (non-hydrogen) atoms. The lowest BCUT2D eigenvalue weighted by Crippen LogP contribution is -2.28. The van der Waals surface area contributed by atoms with Gasteiger partial charge in [0.2, 0.25) is 6.54 Å². The molecule has 0 amide bonds. The van der Waals surface area contributed by atoms with Crippen molar-refractivity contribution in [3.63, 3.8) is 0 Å². The van der Waals surface area contributed by atoms with Crippen molar-refractivity contribution in [1.29, 1.82) is 0 Å². The number of pyridine rings is 1. The van der Waals surface area contributed by atoms with Crippen LogP contribution in [-0.4, -0.2) is 35.5 Å². The van der Waals surface area contributed by atoms with E-state index in [0.29, 0.717) is 11.4 Å². The zero-order valence-electron chi connectivity index (χ0n) is 10.4. The molecule has 2 unspecified atom stereocenters. The van der Waals surface area contributed by atoms with Crippen molar-refractivity contribution in [2.75, 3.05) is 24.5 Å². The van der Waals surface area contributed by atoms with Crippen LogP contribution in [0.15, 0.2) is 12.1 Å². The van der Waals surface area contributed by atoms with Crippen molar-refractivity contribution in [2.45, 2.75) is 12.3 Å². The average molecular weight is 304 g/mol. The van der Waals surface area contributed by atoms with E-state index in [1.54, 1.807) is 17.0 Å². The summed E-state index contributed by atoms with van der Waals surface area (Å²) < 4.78 is 26.2. The monoisotopic (exact) mass is 303 g/mol. The number of anilines is 1. The first-order valence-electron chi connectivity index (χ1n) is 6.29. The predicted molar refractivity (Wildman–Crippen MR) is 69.0 cm³/mol. The summed E-state index contributed by atoms with van der Waals surface area (Å²) in [7, 11) is 0. The van der Waals surface area contributed by atoms with Gasteiger partial charge in [0.05, 0.1) is 11.8 Å². The first-order chi connectivity index (χ1) is 9.39. The average Bonchev–Trinajstić information content (AvgIpc) is 2.79.